The Bertz CT molecular complexity index is 145. The van der Waals surface area contributed by atoms with Crippen LogP contribution in [0.1, 0.15) is 47.0 Å². The first-order valence-electron chi connectivity index (χ1n) is 4.57. The molecule has 0 spiro atoms. The predicted octanol–water partition coefficient (Wildman–Crippen LogP) is 3.36. The molecule has 0 aromatic rings. The van der Waals surface area contributed by atoms with Gasteiger partial charge in [0.1, 0.15) is 0 Å². The summed E-state index contributed by atoms with van der Waals surface area (Å²) in [7, 11) is 0. The molecule has 0 amide bonds. The number of rotatable bonds is 0. The standard InChI is InChI=1S/C8H13N.C2H6/c1-7-3-4-8(2,5-7)6-9;1-2/h7H,3-5H2,1-2H3;1-2H3/t7?,8-;/m0./s1. The summed E-state index contributed by atoms with van der Waals surface area (Å²) in [6.45, 7) is 8.29. The van der Waals surface area contributed by atoms with E-state index in [4.69, 9.17) is 5.26 Å². The zero-order valence-corrected chi connectivity index (χ0v) is 8.15. The minimum absolute atomic E-state index is 0.0133. The molecule has 1 rings (SSSR count). The summed E-state index contributed by atoms with van der Waals surface area (Å²) in [4.78, 5) is 0. The summed E-state index contributed by atoms with van der Waals surface area (Å²) in [5.74, 6) is 0.773. The van der Waals surface area contributed by atoms with Crippen molar-refractivity contribution in [2.75, 3.05) is 0 Å². The van der Waals surface area contributed by atoms with Gasteiger partial charge < -0.3 is 0 Å². The highest BCUT2D eigenvalue weighted by Gasteiger charge is 2.32. The number of hydrogen-bond donors (Lipinski definition) is 0. The van der Waals surface area contributed by atoms with Crippen LogP contribution in [0, 0.1) is 22.7 Å². The van der Waals surface area contributed by atoms with Gasteiger partial charge in [-0.1, -0.05) is 20.8 Å². The molecule has 1 nitrogen and oxygen atoms in total. The van der Waals surface area contributed by atoms with Gasteiger partial charge in [-0.2, -0.15) is 5.26 Å². The molecule has 1 fully saturated rings. The second kappa shape index (κ2) is 4.38. The van der Waals surface area contributed by atoms with Crippen molar-refractivity contribution in [3.63, 3.8) is 0 Å². The van der Waals surface area contributed by atoms with E-state index in [1.807, 2.05) is 13.8 Å². The van der Waals surface area contributed by atoms with Gasteiger partial charge in [-0.3, -0.25) is 0 Å². The van der Waals surface area contributed by atoms with E-state index in [0.717, 1.165) is 18.8 Å². The van der Waals surface area contributed by atoms with E-state index in [-0.39, 0.29) is 5.41 Å². The van der Waals surface area contributed by atoms with Crippen molar-refractivity contribution in [1.82, 2.24) is 0 Å². The number of hydrogen-bond acceptors (Lipinski definition) is 1. The van der Waals surface area contributed by atoms with Crippen molar-refractivity contribution in [3.05, 3.63) is 0 Å². The first-order chi connectivity index (χ1) is 5.16. The van der Waals surface area contributed by atoms with Crippen molar-refractivity contribution < 1.29 is 0 Å². The molecule has 2 atom stereocenters. The van der Waals surface area contributed by atoms with Crippen LogP contribution in [-0.4, -0.2) is 0 Å². The van der Waals surface area contributed by atoms with Crippen LogP contribution in [0.15, 0.2) is 0 Å². The molecule has 0 radical (unpaired) electrons. The van der Waals surface area contributed by atoms with Crippen LogP contribution < -0.4 is 0 Å². The van der Waals surface area contributed by atoms with Crippen molar-refractivity contribution in [2.24, 2.45) is 11.3 Å². The summed E-state index contributed by atoms with van der Waals surface area (Å²) in [6.07, 6.45) is 3.44. The minimum atomic E-state index is 0.0133. The molecule has 1 aliphatic rings. The fourth-order valence-electron chi connectivity index (χ4n) is 1.64. The smallest absolute Gasteiger partial charge is 0.0686 e. The molecular weight excluding hydrogens is 134 g/mol. The van der Waals surface area contributed by atoms with Gasteiger partial charge in [0, 0.05) is 0 Å². The molecule has 1 heteroatoms. The molecule has 0 aromatic carbocycles. The van der Waals surface area contributed by atoms with E-state index in [1.165, 1.54) is 6.42 Å². The zero-order valence-electron chi connectivity index (χ0n) is 8.15. The van der Waals surface area contributed by atoms with Crippen molar-refractivity contribution >= 4 is 0 Å². The lowest BCUT2D eigenvalue weighted by molar-refractivity contribution is 0.439. The average molecular weight is 153 g/mol. The monoisotopic (exact) mass is 153 g/mol. The maximum Gasteiger partial charge on any atom is 0.0686 e. The Kier molecular flexibility index (Phi) is 4.18. The van der Waals surface area contributed by atoms with Crippen LogP contribution in [0.5, 0.6) is 0 Å². The Hall–Kier alpha value is -0.510. The Morgan fingerprint density at radius 1 is 1.45 bits per heavy atom. The van der Waals surface area contributed by atoms with Crippen LogP contribution in [0.4, 0.5) is 0 Å². The molecule has 1 unspecified atom stereocenters. The fraction of sp³-hybridized carbons (Fsp3) is 0.900. The molecule has 1 saturated carbocycles. The Morgan fingerprint density at radius 2 is 2.00 bits per heavy atom. The van der Waals surface area contributed by atoms with E-state index in [2.05, 4.69) is 19.9 Å². The number of nitrogens with zero attached hydrogens (tertiary/aromatic N) is 1. The lowest BCUT2D eigenvalue weighted by Gasteiger charge is -2.11. The molecule has 0 saturated heterocycles. The maximum absolute atomic E-state index is 8.69. The van der Waals surface area contributed by atoms with E-state index < -0.39 is 0 Å². The van der Waals surface area contributed by atoms with Crippen LogP contribution in [0.2, 0.25) is 0 Å². The third kappa shape index (κ3) is 2.93. The molecule has 0 aromatic heterocycles. The highest BCUT2D eigenvalue weighted by atomic mass is 14.4. The normalized spacial score (nSPS) is 35.4. The van der Waals surface area contributed by atoms with Crippen molar-refractivity contribution in [1.29, 1.82) is 5.26 Å². The lowest BCUT2D eigenvalue weighted by Crippen LogP contribution is -2.06. The highest BCUT2D eigenvalue weighted by molar-refractivity contribution is 5.00. The van der Waals surface area contributed by atoms with E-state index in [9.17, 15) is 0 Å². The highest BCUT2D eigenvalue weighted by Crippen LogP contribution is 2.40. The van der Waals surface area contributed by atoms with Gasteiger partial charge in [0.25, 0.3) is 0 Å². The molecule has 0 heterocycles. The molecule has 0 bridgehead atoms. The molecular formula is C10H19N. The summed E-state index contributed by atoms with van der Waals surface area (Å²) in [5.41, 5.74) is 0.0133. The van der Waals surface area contributed by atoms with Gasteiger partial charge in [0.2, 0.25) is 0 Å². The second-order valence-electron chi connectivity index (χ2n) is 3.52. The summed E-state index contributed by atoms with van der Waals surface area (Å²) < 4.78 is 0. The van der Waals surface area contributed by atoms with Crippen molar-refractivity contribution in [2.45, 2.75) is 47.0 Å². The fourth-order valence-corrected chi connectivity index (χ4v) is 1.64. The SMILES string of the molecule is CC.CC1CC[C@](C)(C#N)C1. The summed E-state index contributed by atoms with van der Waals surface area (Å²) in [6, 6.07) is 2.37. The molecule has 0 aliphatic heterocycles. The Balaban J connectivity index is 0.000000461. The molecule has 11 heavy (non-hydrogen) atoms. The van der Waals surface area contributed by atoms with E-state index in [1.54, 1.807) is 0 Å². The third-order valence-corrected chi connectivity index (χ3v) is 2.26. The van der Waals surface area contributed by atoms with E-state index >= 15 is 0 Å². The lowest BCUT2D eigenvalue weighted by atomic mass is 9.90. The van der Waals surface area contributed by atoms with Gasteiger partial charge >= 0.3 is 0 Å². The van der Waals surface area contributed by atoms with Crippen LogP contribution in [0.3, 0.4) is 0 Å². The summed E-state index contributed by atoms with van der Waals surface area (Å²) in [5, 5.41) is 8.69. The third-order valence-electron chi connectivity index (χ3n) is 2.26. The molecule has 1 aliphatic carbocycles. The molecule has 64 valence electrons. The van der Waals surface area contributed by atoms with Crippen LogP contribution in [0.25, 0.3) is 0 Å². The van der Waals surface area contributed by atoms with Crippen LogP contribution >= 0.6 is 0 Å². The first-order valence-corrected chi connectivity index (χ1v) is 4.57. The van der Waals surface area contributed by atoms with Crippen LogP contribution in [-0.2, 0) is 0 Å². The van der Waals surface area contributed by atoms with Gasteiger partial charge in [0.15, 0.2) is 0 Å². The van der Waals surface area contributed by atoms with Crippen molar-refractivity contribution in [3.8, 4) is 6.07 Å². The Labute approximate surface area is 70.4 Å². The van der Waals surface area contributed by atoms with Gasteiger partial charge in [-0.15, -0.1) is 0 Å². The maximum atomic E-state index is 8.69. The van der Waals surface area contributed by atoms with Gasteiger partial charge in [-0.05, 0) is 32.1 Å². The Morgan fingerprint density at radius 3 is 2.18 bits per heavy atom. The number of nitriles is 1. The van der Waals surface area contributed by atoms with E-state index in [0.29, 0.717) is 0 Å². The quantitative estimate of drug-likeness (QED) is 0.523. The first kappa shape index (κ1) is 10.5. The molecule has 0 N–H and O–H groups in total. The predicted molar refractivity (Wildman–Crippen MR) is 48.1 cm³/mol. The van der Waals surface area contributed by atoms with Gasteiger partial charge in [0.05, 0.1) is 11.5 Å². The summed E-state index contributed by atoms with van der Waals surface area (Å²) >= 11 is 0. The largest absolute Gasteiger partial charge is 0.198 e. The average Bonchev–Trinajstić information content (AvgIpc) is 2.37. The van der Waals surface area contributed by atoms with Gasteiger partial charge in [-0.25, -0.2) is 0 Å². The topological polar surface area (TPSA) is 23.8 Å². The minimum Gasteiger partial charge on any atom is -0.198 e. The zero-order chi connectivity index (χ0) is 8.91. The second-order valence-corrected chi connectivity index (χ2v) is 3.52.